The number of nitrogens with zero attached hydrogens (tertiary/aromatic N) is 2. The van der Waals surface area contributed by atoms with Gasteiger partial charge in [-0.05, 0) is 31.1 Å². The molecule has 0 aliphatic heterocycles. The van der Waals surface area contributed by atoms with Crippen molar-refractivity contribution >= 4 is 5.97 Å². The number of carbonyl (C=O) groups excluding carboxylic acids is 1. The number of carbonyl (C=O) groups is 1. The lowest BCUT2D eigenvalue weighted by molar-refractivity contribution is 0.0155. The first-order chi connectivity index (χ1) is 8.46. The number of aryl methyl sites for hydroxylation is 1. The third-order valence-electron chi connectivity index (χ3n) is 4.90. The van der Waals surface area contributed by atoms with Gasteiger partial charge in [0.15, 0.2) is 0 Å². The van der Waals surface area contributed by atoms with Crippen molar-refractivity contribution < 1.29 is 9.53 Å². The highest BCUT2D eigenvalue weighted by atomic mass is 16.5. The topological polar surface area (TPSA) is 44.1 Å². The van der Waals surface area contributed by atoms with E-state index in [-0.39, 0.29) is 5.97 Å². The number of ether oxygens (including phenoxy) is 1. The fraction of sp³-hybridized carbons (Fsp3) is 0.714. The van der Waals surface area contributed by atoms with Crippen LogP contribution in [0.25, 0.3) is 0 Å². The summed E-state index contributed by atoms with van der Waals surface area (Å²) in [6.45, 7) is 6.87. The predicted molar refractivity (Wildman–Crippen MR) is 67.5 cm³/mol. The minimum atomic E-state index is -0.229. The molecule has 0 aromatic carbocycles. The molecule has 1 aromatic heterocycles. The van der Waals surface area contributed by atoms with Crippen LogP contribution in [0.5, 0.6) is 0 Å². The quantitative estimate of drug-likeness (QED) is 0.754. The molecule has 4 nitrogen and oxygen atoms in total. The summed E-state index contributed by atoms with van der Waals surface area (Å²) in [6.07, 6.45) is 2.19. The van der Waals surface area contributed by atoms with Gasteiger partial charge < -0.3 is 4.74 Å². The monoisotopic (exact) mass is 248 g/mol. The van der Waals surface area contributed by atoms with Crippen molar-refractivity contribution in [1.82, 2.24) is 9.78 Å². The van der Waals surface area contributed by atoms with E-state index in [0.717, 1.165) is 17.7 Å². The molecule has 0 N–H and O–H groups in total. The van der Waals surface area contributed by atoms with Gasteiger partial charge in [0.05, 0.1) is 12.3 Å². The lowest BCUT2D eigenvalue weighted by Gasteiger charge is -2.55. The molecule has 18 heavy (non-hydrogen) atoms. The lowest BCUT2D eigenvalue weighted by atomic mass is 9.48. The van der Waals surface area contributed by atoms with Crippen LogP contribution in [0, 0.1) is 11.3 Å². The van der Waals surface area contributed by atoms with Crippen LogP contribution in [-0.4, -0.2) is 22.4 Å². The number of hydrogen-bond acceptors (Lipinski definition) is 3. The maximum absolute atomic E-state index is 12.0. The van der Waals surface area contributed by atoms with E-state index in [0.29, 0.717) is 29.6 Å². The van der Waals surface area contributed by atoms with Crippen LogP contribution in [0.1, 0.15) is 54.9 Å². The van der Waals surface area contributed by atoms with Crippen molar-refractivity contribution in [2.45, 2.75) is 39.5 Å². The zero-order valence-electron chi connectivity index (χ0n) is 11.5. The van der Waals surface area contributed by atoms with Crippen LogP contribution in [-0.2, 0) is 18.2 Å². The Balaban J connectivity index is 2.04. The third-order valence-corrected chi connectivity index (χ3v) is 4.90. The van der Waals surface area contributed by atoms with Crippen molar-refractivity contribution in [3.63, 3.8) is 0 Å². The first-order valence-corrected chi connectivity index (χ1v) is 6.69. The molecule has 0 spiro atoms. The zero-order valence-corrected chi connectivity index (χ0v) is 11.5. The highest BCUT2D eigenvalue weighted by Gasteiger charge is 2.55. The molecule has 1 fully saturated rings. The van der Waals surface area contributed by atoms with Gasteiger partial charge in [0.25, 0.3) is 0 Å². The first kappa shape index (κ1) is 11.8. The molecule has 98 valence electrons. The molecule has 0 saturated heterocycles. The molecule has 4 heteroatoms. The van der Waals surface area contributed by atoms with Crippen LogP contribution in [0.3, 0.4) is 0 Å². The molecule has 0 radical (unpaired) electrons. The second-order valence-electron chi connectivity index (χ2n) is 6.07. The Bertz CT molecular complexity index is 516. The fourth-order valence-corrected chi connectivity index (χ4v) is 3.60. The van der Waals surface area contributed by atoms with E-state index in [2.05, 4.69) is 18.9 Å². The molecule has 2 bridgehead atoms. The molecule has 3 aliphatic rings. The van der Waals surface area contributed by atoms with E-state index in [9.17, 15) is 4.79 Å². The van der Waals surface area contributed by atoms with Crippen LogP contribution < -0.4 is 0 Å². The normalized spacial score (nSPS) is 27.3. The highest BCUT2D eigenvalue weighted by molar-refractivity contribution is 5.89. The van der Waals surface area contributed by atoms with Gasteiger partial charge in [-0.15, -0.1) is 0 Å². The van der Waals surface area contributed by atoms with Crippen LogP contribution in [0.2, 0.25) is 0 Å². The summed E-state index contributed by atoms with van der Waals surface area (Å²) in [7, 11) is 1.84. The van der Waals surface area contributed by atoms with Gasteiger partial charge in [-0.25, -0.2) is 4.79 Å². The summed E-state index contributed by atoms with van der Waals surface area (Å²) in [5.41, 5.74) is 3.27. The van der Waals surface area contributed by atoms with E-state index >= 15 is 0 Å². The molecule has 4 rings (SSSR count). The van der Waals surface area contributed by atoms with Gasteiger partial charge in [-0.1, -0.05) is 13.8 Å². The Morgan fingerprint density at radius 2 is 2.28 bits per heavy atom. The van der Waals surface area contributed by atoms with Gasteiger partial charge in [-0.3, -0.25) is 4.68 Å². The van der Waals surface area contributed by atoms with Crippen molar-refractivity contribution in [2.24, 2.45) is 18.4 Å². The standard InChI is InChI=1S/C14H20N2O2/c1-5-18-13(17)12-9-6-8-7-10(14(8,2)3)11(9)15-16(12)4/h8,10H,5-7H2,1-4H3. The van der Waals surface area contributed by atoms with E-state index in [1.165, 1.54) is 6.42 Å². The minimum absolute atomic E-state index is 0.229. The molecule has 1 heterocycles. The predicted octanol–water partition coefficient (Wildman–Crippen LogP) is 2.28. The second kappa shape index (κ2) is 3.59. The third kappa shape index (κ3) is 1.32. The van der Waals surface area contributed by atoms with Crippen molar-refractivity contribution in [2.75, 3.05) is 6.61 Å². The van der Waals surface area contributed by atoms with Crippen molar-refractivity contribution in [3.8, 4) is 0 Å². The Hall–Kier alpha value is -1.32. The van der Waals surface area contributed by atoms with Gasteiger partial charge in [0.1, 0.15) is 5.69 Å². The Labute approximate surface area is 107 Å². The van der Waals surface area contributed by atoms with Crippen molar-refractivity contribution in [3.05, 3.63) is 17.0 Å². The van der Waals surface area contributed by atoms with E-state index in [1.807, 2.05) is 14.0 Å². The number of aromatic nitrogens is 2. The summed E-state index contributed by atoms with van der Waals surface area (Å²) in [4.78, 5) is 12.0. The molecular weight excluding hydrogens is 228 g/mol. The highest BCUT2D eigenvalue weighted by Crippen LogP contribution is 2.62. The van der Waals surface area contributed by atoms with Gasteiger partial charge >= 0.3 is 5.97 Å². The summed E-state index contributed by atoms with van der Waals surface area (Å²) >= 11 is 0. The summed E-state index contributed by atoms with van der Waals surface area (Å²) in [5.74, 6) is 0.973. The van der Waals surface area contributed by atoms with E-state index in [1.54, 1.807) is 4.68 Å². The maximum Gasteiger partial charge on any atom is 0.356 e. The first-order valence-electron chi connectivity index (χ1n) is 6.69. The SMILES string of the molecule is CCOC(=O)c1c2c(nn1C)C1CC(C2)C1(C)C. The molecule has 0 amide bonds. The number of hydrogen-bond donors (Lipinski definition) is 0. The molecular formula is C14H20N2O2. The molecule has 1 saturated carbocycles. The largest absolute Gasteiger partial charge is 0.461 e. The Morgan fingerprint density at radius 1 is 1.56 bits per heavy atom. The van der Waals surface area contributed by atoms with Gasteiger partial charge in [0.2, 0.25) is 0 Å². The minimum Gasteiger partial charge on any atom is -0.461 e. The average molecular weight is 248 g/mol. The fourth-order valence-electron chi connectivity index (χ4n) is 3.60. The van der Waals surface area contributed by atoms with Crippen molar-refractivity contribution in [1.29, 1.82) is 0 Å². The van der Waals surface area contributed by atoms with E-state index in [4.69, 9.17) is 4.74 Å². The molecule has 2 unspecified atom stereocenters. The van der Waals surface area contributed by atoms with E-state index < -0.39 is 0 Å². The molecule has 1 aromatic rings. The zero-order chi connectivity index (χ0) is 13.1. The maximum atomic E-state index is 12.0. The lowest BCUT2D eigenvalue weighted by Crippen LogP contribution is -2.48. The summed E-state index contributed by atoms with van der Waals surface area (Å²) < 4.78 is 6.84. The van der Waals surface area contributed by atoms with Crippen LogP contribution >= 0.6 is 0 Å². The van der Waals surface area contributed by atoms with Gasteiger partial charge in [-0.2, -0.15) is 5.10 Å². The number of esters is 1. The Kier molecular flexibility index (Phi) is 2.34. The average Bonchev–Trinajstić information content (AvgIpc) is 2.64. The summed E-state index contributed by atoms with van der Waals surface area (Å²) in [5, 5.41) is 4.58. The van der Waals surface area contributed by atoms with Gasteiger partial charge in [0, 0.05) is 18.5 Å². The number of rotatable bonds is 2. The molecule has 3 aliphatic carbocycles. The van der Waals surface area contributed by atoms with Crippen LogP contribution in [0.4, 0.5) is 0 Å². The second-order valence-corrected chi connectivity index (χ2v) is 6.07. The molecule has 2 atom stereocenters. The Morgan fingerprint density at radius 3 is 2.89 bits per heavy atom. The van der Waals surface area contributed by atoms with Crippen LogP contribution in [0.15, 0.2) is 0 Å². The smallest absolute Gasteiger partial charge is 0.356 e. The summed E-state index contributed by atoms with van der Waals surface area (Å²) in [6, 6.07) is 0.